The Balaban J connectivity index is 1.40. The quantitative estimate of drug-likeness (QED) is 0.279. The van der Waals surface area contributed by atoms with Gasteiger partial charge in [0, 0.05) is 6.42 Å². The Morgan fingerprint density at radius 3 is 2.31 bits per heavy atom. The number of aromatic nitrogens is 2. The van der Waals surface area contributed by atoms with Crippen LogP contribution in [0.25, 0.3) is 0 Å². The van der Waals surface area contributed by atoms with Gasteiger partial charge in [0.05, 0.1) is 6.20 Å². The number of carbonyl (C=O) groups is 2. The molecule has 206 valence electrons. The van der Waals surface area contributed by atoms with Crippen LogP contribution in [0.2, 0.25) is 0 Å². The van der Waals surface area contributed by atoms with E-state index in [1.165, 1.54) is 0 Å². The summed E-state index contributed by atoms with van der Waals surface area (Å²) in [6.45, 7) is -0.591. The minimum atomic E-state index is -1.71. The van der Waals surface area contributed by atoms with E-state index in [9.17, 15) is 33.8 Å². The van der Waals surface area contributed by atoms with Crippen LogP contribution in [0.4, 0.5) is 9.18 Å². The topological polar surface area (TPSA) is 169 Å². The second-order valence-corrected chi connectivity index (χ2v) is 8.77. The first-order valence-corrected chi connectivity index (χ1v) is 11.9. The molecule has 1 unspecified atom stereocenters. The minimum Gasteiger partial charge on any atom is -0.461 e. The molecule has 1 aromatic heterocycles. The van der Waals surface area contributed by atoms with Gasteiger partial charge in [-0.3, -0.25) is 14.3 Å². The first-order valence-electron chi connectivity index (χ1n) is 11.9. The number of H-pyrrole nitrogens is 1. The third kappa shape index (κ3) is 6.96. The molecule has 1 aliphatic heterocycles. The van der Waals surface area contributed by atoms with E-state index >= 15 is 0 Å². The van der Waals surface area contributed by atoms with Gasteiger partial charge in [-0.2, -0.15) is 4.39 Å². The van der Waals surface area contributed by atoms with Crippen molar-refractivity contribution in [3.63, 3.8) is 0 Å². The number of ether oxygens (including phenoxy) is 3. The summed E-state index contributed by atoms with van der Waals surface area (Å²) in [6.07, 6.45) is -6.46. The van der Waals surface area contributed by atoms with E-state index in [-0.39, 0.29) is 13.0 Å². The molecule has 1 aliphatic rings. The number of carbonyl (C=O) groups excluding carboxylic acids is 2. The van der Waals surface area contributed by atoms with Crippen LogP contribution in [0, 0.1) is 5.82 Å². The molecular weight excluding hydrogens is 517 g/mol. The predicted octanol–water partition coefficient (Wildman–Crippen LogP) is 0.376. The molecule has 2 heterocycles. The Bertz CT molecular complexity index is 1400. The van der Waals surface area contributed by atoms with Crippen LogP contribution in [0.1, 0.15) is 17.4 Å². The summed E-state index contributed by atoms with van der Waals surface area (Å²) in [6, 6.07) is 16.6. The normalized spacial score (nSPS) is 21.2. The van der Waals surface area contributed by atoms with E-state index < -0.39 is 66.3 Å². The number of hydrogen-bond acceptors (Lipinski definition) is 9. The van der Waals surface area contributed by atoms with E-state index in [0.717, 1.165) is 11.1 Å². The Morgan fingerprint density at radius 2 is 1.64 bits per heavy atom. The maximum Gasteiger partial charge on any atom is 0.408 e. The van der Waals surface area contributed by atoms with E-state index in [2.05, 4.69) is 5.32 Å². The number of hydrogen-bond donors (Lipinski definition) is 4. The number of benzene rings is 2. The minimum absolute atomic E-state index is 0.0219. The molecule has 1 amide bonds. The third-order valence-electron chi connectivity index (χ3n) is 6.00. The fourth-order valence-electron chi connectivity index (χ4n) is 3.96. The van der Waals surface area contributed by atoms with Crippen molar-refractivity contribution in [1.29, 1.82) is 0 Å². The molecule has 3 aromatic rings. The first kappa shape index (κ1) is 27.7. The van der Waals surface area contributed by atoms with Crippen molar-refractivity contribution >= 4 is 12.1 Å². The predicted molar refractivity (Wildman–Crippen MR) is 132 cm³/mol. The second kappa shape index (κ2) is 12.5. The molecule has 2 aromatic carbocycles. The molecule has 0 spiro atoms. The number of aromatic amines is 1. The van der Waals surface area contributed by atoms with Crippen LogP contribution in [0.15, 0.2) is 76.4 Å². The van der Waals surface area contributed by atoms with Crippen LogP contribution in [0.3, 0.4) is 0 Å². The fraction of sp³-hybridized carbons (Fsp3) is 0.308. The van der Waals surface area contributed by atoms with Crippen molar-refractivity contribution in [1.82, 2.24) is 14.9 Å². The molecule has 1 fully saturated rings. The average Bonchev–Trinajstić information content (AvgIpc) is 3.22. The third-order valence-corrected chi connectivity index (χ3v) is 6.00. The molecule has 0 aliphatic carbocycles. The summed E-state index contributed by atoms with van der Waals surface area (Å²) >= 11 is 0. The molecule has 4 rings (SSSR count). The van der Waals surface area contributed by atoms with Crippen LogP contribution in [0.5, 0.6) is 0 Å². The number of rotatable bonds is 9. The van der Waals surface area contributed by atoms with Crippen molar-refractivity contribution in [2.45, 2.75) is 43.6 Å². The Hall–Kier alpha value is -4.33. The molecule has 0 saturated carbocycles. The number of halogens is 1. The molecule has 0 radical (unpaired) electrons. The summed E-state index contributed by atoms with van der Waals surface area (Å²) in [4.78, 5) is 50.4. The molecule has 5 atom stereocenters. The molecule has 1 saturated heterocycles. The Morgan fingerprint density at radius 1 is 1.00 bits per heavy atom. The van der Waals surface area contributed by atoms with E-state index in [1.807, 2.05) is 6.07 Å². The van der Waals surface area contributed by atoms with Gasteiger partial charge in [0.1, 0.15) is 37.6 Å². The molecule has 13 heteroatoms. The SMILES string of the molecule is O=C(NC(Cc1ccccc1)C(=O)OC[C@H]1O[C@@H](n2cc(F)c(=O)[nH]c2=O)[C@@H](O)[C@@H]1O)OCc1ccccc1. The number of alkyl carbamates (subject to hydrolysis) is 1. The maximum atomic E-state index is 13.7. The van der Waals surface area contributed by atoms with Crippen molar-refractivity contribution in [2.75, 3.05) is 6.61 Å². The smallest absolute Gasteiger partial charge is 0.408 e. The van der Waals surface area contributed by atoms with Gasteiger partial charge in [0.25, 0.3) is 5.56 Å². The van der Waals surface area contributed by atoms with Crippen LogP contribution < -0.4 is 16.6 Å². The molecule has 12 nitrogen and oxygen atoms in total. The van der Waals surface area contributed by atoms with Crippen molar-refractivity contribution in [3.05, 3.63) is 105 Å². The lowest BCUT2D eigenvalue weighted by Crippen LogP contribution is -2.45. The maximum absolute atomic E-state index is 13.7. The van der Waals surface area contributed by atoms with Crippen LogP contribution in [-0.4, -0.2) is 62.8 Å². The van der Waals surface area contributed by atoms with Gasteiger partial charge in [-0.15, -0.1) is 0 Å². The van der Waals surface area contributed by atoms with Gasteiger partial charge in [0.2, 0.25) is 5.82 Å². The van der Waals surface area contributed by atoms with E-state index in [4.69, 9.17) is 14.2 Å². The van der Waals surface area contributed by atoms with Crippen LogP contribution in [-0.2, 0) is 32.0 Å². The van der Waals surface area contributed by atoms with Crippen molar-refractivity contribution < 1.29 is 38.4 Å². The first-order chi connectivity index (χ1) is 18.7. The van der Waals surface area contributed by atoms with Gasteiger partial charge < -0.3 is 29.7 Å². The highest BCUT2D eigenvalue weighted by molar-refractivity contribution is 5.81. The van der Waals surface area contributed by atoms with Crippen LogP contribution >= 0.6 is 0 Å². The second-order valence-electron chi connectivity index (χ2n) is 8.77. The van der Waals surface area contributed by atoms with Gasteiger partial charge in [0.15, 0.2) is 6.23 Å². The molecular formula is C26H26FN3O9. The number of esters is 1. The lowest BCUT2D eigenvalue weighted by Gasteiger charge is -2.20. The standard InChI is InChI=1S/C26H26FN3O9/c27-17-12-30(25(35)29-22(17)33)23-21(32)20(31)19(39-23)14-37-24(34)18(11-15-7-3-1-4-8-15)28-26(36)38-13-16-9-5-2-6-10-16/h1-10,12,18-21,23,31-32H,11,13-14H2,(H,28,36)(H,29,33,35)/t18?,19-,20-,21+,23-/m1/s1. The largest absolute Gasteiger partial charge is 0.461 e. The lowest BCUT2D eigenvalue weighted by atomic mass is 10.1. The molecule has 4 N–H and O–H groups in total. The molecule has 0 bridgehead atoms. The monoisotopic (exact) mass is 543 g/mol. The average molecular weight is 544 g/mol. The summed E-state index contributed by atoms with van der Waals surface area (Å²) in [5.41, 5.74) is -0.864. The summed E-state index contributed by atoms with van der Waals surface area (Å²) < 4.78 is 30.2. The number of aliphatic hydroxyl groups is 2. The number of nitrogens with zero attached hydrogens (tertiary/aromatic N) is 1. The zero-order chi connectivity index (χ0) is 27.9. The highest BCUT2D eigenvalue weighted by Gasteiger charge is 2.45. The number of amides is 1. The Kier molecular flexibility index (Phi) is 8.86. The Labute approximate surface area is 220 Å². The van der Waals surface area contributed by atoms with Crippen molar-refractivity contribution in [3.8, 4) is 0 Å². The summed E-state index contributed by atoms with van der Waals surface area (Å²) in [7, 11) is 0. The van der Waals surface area contributed by atoms with E-state index in [0.29, 0.717) is 10.8 Å². The number of aliphatic hydroxyl groups excluding tert-OH is 2. The zero-order valence-electron chi connectivity index (χ0n) is 20.4. The van der Waals surface area contributed by atoms with Gasteiger partial charge in [-0.05, 0) is 11.1 Å². The van der Waals surface area contributed by atoms with Crippen molar-refractivity contribution in [2.24, 2.45) is 0 Å². The highest BCUT2D eigenvalue weighted by Crippen LogP contribution is 2.28. The van der Waals surface area contributed by atoms with Gasteiger partial charge >= 0.3 is 17.8 Å². The number of nitrogens with one attached hydrogen (secondary N) is 2. The summed E-state index contributed by atoms with van der Waals surface area (Å²) in [5.74, 6) is -2.18. The lowest BCUT2D eigenvalue weighted by molar-refractivity contribution is -0.152. The summed E-state index contributed by atoms with van der Waals surface area (Å²) in [5, 5.41) is 23.2. The highest BCUT2D eigenvalue weighted by atomic mass is 19.1. The van der Waals surface area contributed by atoms with E-state index in [1.54, 1.807) is 59.6 Å². The van der Waals surface area contributed by atoms with Gasteiger partial charge in [-0.25, -0.2) is 14.4 Å². The molecule has 39 heavy (non-hydrogen) atoms. The fourth-order valence-corrected chi connectivity index (χ4v) is 3.96. The zero-order valence-corrected chi connectivity index (χ0v) is 20.4. The van der Waals surface area contributed by atoms with Gasteiger partial charge in [-0.1, -0.05) is 60.7 Å².